The van der Waals surface area contributed by atoms with Crippen LogP contribution < -0.4 is 5.32 Å². The van der Waals surface area contributed by atoms with Crippen molar-refractivity contribution in [3.8, 4) is 0 Å². The van der Waals surface area contributed by atoms with Gasteiger partial charge in [0.05, 0.1) is 4.88 Å². The zero-order chi connectivity index (χ0) is 12.3. The number of carbonyl (C=O) groups excluding carboxylic acids is 1. The van der Waals surface area contributed by atoms with E-state index in [4.69, 9.17) is 0 Å². The lowest BCUT2D eigenvalue weighted by Crippen LogP contribution is -2.21. The Morgan fingerprint density at radius 2 is 2.24 bits per heavy atom. The number of thiophene rings is 1. The van der Waals surface area contributed by atoms with Crippen LogP contribution in [-0.4, -0.2) is 5.91 Å². The van der Waals surface area contributed by atoms with Gasteiger partial charge in [0.2, 0.25) is 0 Å². The number of hydrogen-bond acceptors (Lipinski definition) is 3. The van der Waals surface area contributed by atoms with Crippen LogP contribution in [0.1, 0.15) is 15.2 Å². The summed E-state index contributed by atoms with van der Waals surface area (Å²) < 4.78 is 1.01. The van der Waals surface area contributed by atoms with E-state index in [-0.39, 0.29) is 5.91 Å². The molecule has 2 rings (SSSR count). The van der Waals surface area contributed by atoms with Crippen LogP contribution in [0.15, 0.2) is 45.1 Å². The predicted molar refractivity (Wildman–Crippen MR) is 76.9 cm³/mol. The van der Waals surface area contributed by atoms with Crippen molar-refractivity contribution in [3.05, 3.63) is 50.6 Å². The number of benzene rings is 1. The second-order valence-electron chi connectivity index (χ2n) is 3.48. The van der Waals surface area contributed by atoms with Crippen LogP contribution in [-0.2, 0) is 6.54 Å². The number of nitrogens with one attached hydrogen (secondary N) is 1. The molecule has 88 valence electrons. The van der Waals surface area contributed by atoms with Gasteiger partial charge in [0.15, 0.2) is 0 Å². The lowest BCUT2D eigenvalue weighted by molar-refractivity contribution is 0.0955. The van der Waals surface area contributed by atoms with E-state index in [0.717, 1.165) is 14.9 Å². The van der Waals surface area contributed by atoms with Crippen molar-refractivity contribution in [2.24, 2.45) is 0 Å². The van der Waals surface area contributed by atoms with Crippen LogP contribution in [0.5, 0.6) is 0 Å². The molecule has 1 aromatic heterocycles. The summed E-state index contributed by atoms with van der Waals surface area (Å²) in [5, 5.41) is 4.72. The highest BCUT2D eigenvalue weighted by atomic mass is 79.9. The molecule has 2 nitrogen and oxygen atoms in total. The van der Waals surface area contributed by atoms with Gasteiger partial charge in [-0.1, -0.05) is 28.1 Å². The van der Waals surface area contributed by atoms with Gasteiger partial charge in [-0.3, -0.25) is 4.79 Å². The molecule has 0 spiro atoms. The second kappa shape index (κ2) is 5.71. The Morgan fingerprint density at radius 3 is 2.88 bits per heavy atom. The van der Waals surface area contributed by atoms with Crippen LogP contribution in [0.25, 0.3) is 0 Å². The molecule has 2 aromatic rings. The lowest BCUT2D eigenvalue weighted by atomic mass is 10.2. The van der Waals surface area contributed by atoms with Crippen molar-refractivity contribution in [2.45, 2.75) is 11.4 Å². The van der Waals surface area contributed by atoms with Crippen LogP contribution >= 0.6 is 39.9 Å². The summed E-state index contributed by atoms with van der Waals surface area (Å²) in [6, 6.07) is 9.63. The molecular formula is C12H10BrNOS2. The highest BCUT2D eigenvalue weighted by Crippen LogP contribution is 2.17. The Balaban J connectivity index is 1.97. The Bertz CT molecular complexity index is 539. The maximum Gasteiger partial charge on any atom is 0.261 e. The average Bonchev–Trinajstić information content (AvgIpc) is 2.73. The van der Waals surface area contributed by atoms with E-state index in [1.807, 2.05) is 29.6 Å². The van der Waals surface area contributed by atoms with Crippen molar-refractivity contribution in [2.75, 3.05) is 0 Å². The summed E-state index contributed by atoms with van der Waals surface area (Å²) in [5.41, 5.74) is 1.07. The summed E-state index contributed by atoms with van der Waals surface area (Å²) in [6.07, 6.45) is 0. The van der Waals surface area contributed by atoms with Crippen LogP contribution in [0, 0.1) is 0 Å². The minimum atomic E-state index is -0.0599. The molecule has 0 saturated heterocycles. The molecular weight excluding hydrogens is 318 g/mol. The number of carbonyl (C=O) groups is 1. The molecule has 0 bridgehead atoms. The molecule has 0 aliphatic heterocycles. The van der Waals surface area contributed by atoms with E-state index >= 15 is 0 Å². The van der Waals surface area contributed by atoms with Crippen molar-refractivity contribution in [1.29, 1.82) is 0 Å². The monoisotopic (exact) mass is 327 g/mol. The quantitative estimate of drug-likeness (QED) is 0.826. The van der Waals surface area contributed by atoms with Crippen LogP contribution in [0.2, 0.25) is 0 Å². The van der Waals surface area contributed by atoms with Gasteiger partial charge in [-0.2, -0.15) is 0 Å². The highest BCUT2D eigenvalue weighted by Gasteiger charge is 2.07. The maximum absolute atomic E-state index is 11.8. The molecule has 0 radical (unpaired) electrons. The first kappa shape index (κ1) is 12.7. The Morgan fingerprint density at radius 1 is 1.41 bits per heavy atom. The Hall–Kier alpha value is -0.780. The number of hydrogen-bond donors (Lipinski definition) is 2. The average molecular weight is 328 g/mol. The third kappa shape index (κ3) is 3.59. The molecule has 0 aliphatic rings. The highest BCUT2D eigenvalue weighted by molar-refractivity contribution is 9.10. The van der Waals surface area contributed by atoms with Crippen molar-refractivity contribution in [1.82, 2.24) is 5.32 Å². The molecule has 1 aromatic carbocycles. The largest absolute Gasteiger partial charge is 0.347 e. The predicted octanol–water partition coefficient (Wildman–Crippen LogP) is 3.73. The molecule has 0 aliphatic carbocycles. The van der Waals surface area contributed by atoms with E-state index < -0.39 is 0 Å². The minimum absolute atomic E-state index is 0.0599. The smallest absolute Gasteiger partial charge is 0.261 e. The van der Waals surface area contributed by atoms with Gasteiger partial charge >= 0.3 is 0 Å². The Kier molecular flexibility index (Phi) is 4.25. The summed E-state index contributed by atoms with van der Waals surface area (Å²) in [7, 11) is 0. The topological polar surface area (TPSA) is 29.1 Å². The van der Waals surface area contributed by atoms with E-state index in [2.05, 4.69) is 33.9 Å². The Labute approximate surface area is 118 Å². The van der Waals surface area contributed by atoms with Gasteiger partial charge < -0.3 is 5.32 Å². The van der Waals surface area contributed by atoms with E-state index in [1.165, 1.54) is 11.3 Å². The van der Waals surface area contributed by atoms with Gasteiger partial charge in [-0.25, -0.2) is 0 Å². The first-order valence-electron chi connectivity index (χ1n) is 4.95. The van der Waals surface area contributed by atoms with Gasteiger partial charge in [0, 0.05) is 21.3 Å². The molecule has 0 atom stereocenters. The number of halogens is 1. The van der Waals surface area contributed by atoms with Crippen molar-refractivity contribution >= 4 is 45.8 Å². The molecule has 1 N–H and O–H groups in total. The molecule has 5 heteroatoms. The fourth-order valence-electron chi connectivity index (χ4n) is 1.36. The van der Waals surface area contributed by atoms with Crippen LogP contribution in [0.4, 0.5) is 0 Å². The zero-order valence-corrected chi connectivity index (χ0v) is 12.1. The molecule has 0 fully saturated rings. The van der Waals surface area contributed by atoms with Gasteiger partial charge in [-0.15, -0.1) is 24.0 Å². The molecule has 1 amide bonds. The van der Waals surface area contributed by atoms with Crippen molar-refractivity contribution < 1.29 is 4.79 Å². The number of thiol groups is 1. The fourth-order valence-corrected chi connectivity index (χ4v) is 2.87. The lowest BCUT2D eigenvalue weighted by Gasteiger charge is -2.04. The third-order valence-electron chi connectivity index (χ3n) is 2.15. The normalized spacial score (nSPS) is 10.2. The third-order valence-corrected chi connectivity index (χ3v) is 4.01. The van der Waals surface area contributed by atoms with Gasteiger partial charge in [0.1, 0.15) is 0 Å². The number of rotatable bonds is 3. The maximum atomic E-state index is 11.8. The zero-order valence-electron chi connectivity index (χ0n) is 8.81. The summed E-state index contributed by atoms with van der Waals surface area (Å²) >= 11 is 8.97. The van der Waals surface area contributed by atoms with E-state index in [1.54, 1.807) is 6.07 Å². The minimum Gasteiger partial charge on any atom is -0.347 e. The molecule has 0 unspecified atom stereocenters. The van der Waals surface area contributed by atoms with Crippen LogP contribution in [0.3, 0.4) is 0 Å². The molecule has 0 saturated carbocycles. The standard InChI is InChI=1S/C12H10BrNOS2/c13-9-3-1-2-8(4-9)6-14-12(15)11-5-10(16)7-17-11/h1-5,7,16H,6H2,(H,14,15). The van der Waals surface area contributed by atoms with Crippen molar-refractivity contribution in [3.63, 3.8) is 0 Å². The first-order valence-corrected chi connectivity index (χ1v) is 7.07. The summed E-state index contributed by atoms with van der Waals surface area (Å²) in [6.45, 7) is 0.526. The van der Waals surface area contributed by atoms with Gasteiger partial charge in [-0.05, 0) is 23.8 Å². The SMILES string of the molecule is O=C(NCc1cccc(Br)c1)c1cc(S)cs1. The van der Waals surface area contributed by atoms with Gasteiger partial charge in [0.25, 0.3) is 5.91 Å². The number of amides is 1. The summed E-state index contributed by atoms with van der Waals surface area (Å²) in [4.78, 5) is 13.3. The van der Waals surface area contributed by atoms with E-state index in [9.17, 15) is 4.79 Å². The molecule has 1 heterocycles. The van der Waals surface area contributed by atoms with E-state index in [0.29, 0.717) is 11.4 Å². The summed E-state index contributed by atoms with van der Waals surface area (Å²) in [5.74, 6) is -0.0599. The first-order chi connectivity index (χ1) is 8.15. The second-order valence-corrected chi connectivity index (χ2v) is 5.83. The fraction of sp³-hybridized carbons (Fsp3) is 0.0833. The molecule has 17 heavy (non-hydrogen) atoms.